The standard InChI is InChI=1S/C17H20F2N2O4S/c1-10(14(22)21-17(24)20-11-6-2-3-7-11)25-15(23)12-8-4-5-9-13(12)26-16(18)19/h4-5,8-11,16H,2-3,6-7H2,1H3,(H2,20,21,22,24)/t10-/m1/s1. The summed E-state index contributed by atoms with van der Waals surface area (Å²) in [6, 6.07) is 5.13. The van der Waals surface area contributed by atoms with Gasteiger partial charge in [-0.3, -0.25) is 10.1 Å². The molecular formula is C17H20F2N2O4S. The molecule has 0 radical (unpaired) electrons. The maximum Gasteiger partial charge on any atom is 0.340 e. The maximum atomic E-state index is 12.6. The van der Waals surface area contributed by atoms with E-state index in [1.165, 1.54) is 31.2 Å². The Kier molecular flexibility index (Phi) is 7.38. The first-order valence-electron chi connectivity index (χ1n) is 8.23. The number of carbonyl (C=O) groups excluding carboxylic acids is 3. The van der Waals surface area contributed by atoms with Crippen LogP contribution in [-0.4, -0.2) is 35.8 Å². The van der Waals surface area contributed by atoms with E-state index in [9.17, 15) is 23.2 Å². The lowest BCUT2D eigenvalue weighted by molar-refractivity contribution is -0.127. The first kappa shape index (κ1) is 20.2. The molecule has 1 aliphatic carbocycles. The number of ether oxygens (including phenoxy) is 1. The van der Waals surface area contributed by atoms with Crippen LogP contribution in [-0.2, 0) is 9.53 Å². The van der Waals surface area contributed by atoms with Crippen LogP contribution in [0.1, 0.15) is 43.0 Å². The molecule has 142 valence electrons. The second-order valence-corrected chi connectivity index (χ2v) is 6.90. The zero-order valence-electron chi connectivity index (χ0n) is 14.2. The minimum Gasteiger partial charge on any atom is -0.449 e. The Hall–Kier alpha value is -2.16. The van der Waals surface area contributed by atoms with Crippen LogP contribution in [0.3, 0.4) is 0 Å². The van der Waals surface area contributed by atoms with Crippen LogP contribution >= 0.6 is 11.8 Å². The van der Waals surface area contributed by atoms with Gasteiger partial charge < -0.3 is 10.1 Å². The van der Waals surface area contributed by atoms with Gasteiger partial charge in [0.05, 0.1) is 5.56 Å². The summed E-state index contributed by atoms with van der Waals surface area (Å²) in [5.74, 6) is -4.38. The van der Waals surface area contributed by atoms with Gasteiger partial charge in [-0.1, -0.05) is 36.7 Å². The Balaban J connectivity index is 1.89. The molecule has 0 saturated heterocycles. The molecule has 0 spiro atoms. The summed E-state index contributed by atoms with van der Waals surface area (Å²) in [7, 11) is 0. The van der Waals surface area contributed by atoms with Crippen molar-refractivity contribution in [1.82, 2.24) is 10.6 Å². The number of hydrogen-bond donors (Lipinski definition) is 2. The molecule has 2 rings (SSSR count). The average Bonchev–Trinajstić information content (AvgIpc) is 3.07. The Labute approximate surface area is 154 Å². The van der Waals surface area contributed by atoms with Crippen molar-refractivity contribution in [3.05, 3.63) is 29.8 Å². The minimum atomic E-state index is -2.69. The monoisotopic (exact) mass is 386 g/mol. The van der Waals surface area contributed by atoms with Crippen LogP contribution in [0.5, 0.6) is 0 Å². The highest BCUT2D eigenvalue weighted by Crippen LogP contribution is 2.29. The Morgan fingerprint density at radius 3 is 2.50 bits per heavy atom. The molecule has 1 saturated carbocycles. The second-order valence-electron chi connectivity index (χ2n) is 5.87. The van der Waals surface area contributed by atoms with E-state index < -0.39 is 29.8 Å². The van der Waals surface area contributed by atoms with Crippen molar-refractivity contribution in [1.29, 1.82) is 0 Å². The van der Waals surface area contributed by atoms with Gasteiger partial charge in [0.25, 0.3) is 11.7 Å². The van der Waals surface area contributed by atoms with Gasteiger partial charge in [-0.05, 0) is 31.9 Å². The number of amides is 3. The molecule has 1 aromatic carbocycles. The number of urea groups is 1. The normalized spacial score (nSPS) is 15.5. The summed E-state index contributed by atoms with van der Waals surface area (Å²) >= 11 is 0.218. The fraction of sp³-hybridized carbons (Fsp3) is 0.471. The number of nitrogens with one attached hydrogen (secondary N) is 2. The van der Waals surface area contributed by atoms with Crippen LogP contribution in [0.15, 0.2) is 29.2 Å². The lowest BCUT2D eigenvalue weighted by Gasteiger charge is -2.16. The third-order valence-corrected chi connectivity index (χ3v) is 4.69. The van der Waals surface area contributed by atoms with Crippen molar-refractivity contribution >= 4 is 29.7 Å². The Morgan fingerprint density at radius 2 is 1.85 bits per heavy atom. The van der Waals surface area contributed by atoms with Crippen molar-refractivity contribution in [3.63, 3.8) is 0 Å². The molecule has 9 heteroatoms. The van der Waals surface area contributed by atoms with E-state index in [-0.39, 0.29) is 28.3 Å². The lowest BCUT2D eigenvalue weighted by Crippen LogP contribution is -2.47. The van der Waals surface area contributed by atoms with E-state index in [0.717, 1.165) is 25.7 Å². The van der Waals surface area contributed by atoms with Gasteiger partial charge in [0.15, 0.2) is 6.10 Å². The van der Waals surface area contributed by atoms with Gasteiger partial charge in [-0.2, -0.15) is 8.78 Å². The molecule has 1 aromatic rings. The van der Waals surface area contributed by atoms with E-state index in [4.69, 9.17) is 4.74 Å². The summed E-state index contributed by atoms with van der Waals surface area (Å²) < 4.78 is 30.1. The quantitative estimate of drug-likeness (QED) is 0.579. The van der Waals surface area contributed by atoms with E-state index in [2.05, 4.69) is 10.6 Å². The predicted molar refractivity (Wildman–Crippen MR) is 92.1 cm³/mol. The largest absolute Gasteiger partial charge is 0.449 e. The molecule has 6 nitrogen and oxygen atoms in total. The number of esters is 1. The molecule has 0 aromatic heterocycles. The molecule has 0 aliphatic heterocycles. The molecular weight excluding hydrogens is 366 g/mol. The number of thioether (sulfide) groups is 1. The summed E-state index contributed by atoms with van der Waals surface area (Å²) in [4.78, 5) is 36.0. The molecule has 1 fully saturated rings. The zero-order valence-corrected chi connectivity index (χ0v) is 15.0. The number of rotatable bonds is 6. The van der Waals surface area contributed by atoms with Crippen molar-refractivity contribution in [2.75, 3.05) is 0 Å². The third-order valence-electron chi connectivity index (χ3n) is 3.90. The van der Waals surface area contributed by atoms with Gasteiger partial charge in [0.1, 0.15) is 0 Å². The van der Waals surface area contributed by atoms with Gasteiger partial charge >= 0.3 is 12.0 Å². The predicted octanol–water partition coefficient (Wildman–Crippen LogP) is 3.32. The van der Waals surface area contributed by atoms with E-state index >= 15 is 0 Å². The number of imide groups is 1. The molecule has 1 atom stereocenters. The van der Waals surface area contributed by atoms with E-state index in [0.29, 0.717) is 0 Å². The van der Waals surface area contributed by atoms with Crippen molar-refractivity contribution in [3.8, 4) is 0 Å². The third kappa shape index (κ3) is 5.98. The van der Waals surface area contributed by atoms with Crippen LogP contribution in [0.4, 0.5) is 13.6 Å². The summed E-state index contributed by atoms with van der Waals surface area (Å²) in [5, 5.41) is 4.80. The highest BCUT2D eigenvalue weighted by Gasteiger charge is 2.24. The Bertz CT molecular complexity index is 666. The topological polar surface area (TPSA) is 84.5 Å². The molecule has 0 bridgehead atoms. The van der Waals surface area contributed by atoms with Crippen LogP contribution in [0, 0.1) is 0 Å². The van der Waals surface area contributed by atoms with Gasteiger partial charge in [0, 0.05) is 10.9 Å². The number of alkyl halides is 2. The number of halogens is 2. The second kappa shape index (κ2) is 9.51. The van der Waals surface area contributed by atoms with Crippen LogP contribution in [0.25, 0.3) is 0 Å². The smallest absolute Gasteiger partial charge is 0.340 e. The Morgan fingerprint density at radius 1 is 1.19 bits per heavy atom. The number of benzene rings is 1. The zero-order chi connectivity index (χ0) is 19.1. The highest BCUT2D eigenvalue weighted by molar-refractivity contribution is 7.99. The maximum absolute atomic E-state index is 12.6. The van der Waals surface area contributed by atoms with Crippen LogP contribution in [0.2, 0.25) is 0 Å². The molecule has 2 N–H and O–H groups in total. The average molecular weight is 386 g/mol. The van der Waals surface area contributed by atoms with Gasteiger partial charge in [-0.25, -0.2) is 9.59 Å². The minimum absolute atomic E-state index is 0.0407. The summed E-state index contributed by atoms with van der Waals surface area (Å²) in [5.41, 5.74) is -0.0622. The van der Waals surface area contributed by atoms with E-state index in [1.807, 2.05) is 0 Å². The molecule has 0 unspecified atom stereocenters. The summed E-state index contributed by atoms with van der Waals surface area (Å²) in [6.45, 7) is 1.30. The molecule has 0 heterocycles. The van der Waals surface area contributed by atoms with Gasteiger partial charge in [-0.15, -0.1) is 0 Å². The molecule has 1 aliphatic rings. The van der Waals surface area contributed by atoms with Crippen molar-refractivity contribution in [2.24, 2.45) is 0 Å². The highest BCUT2D eigenvalue weighted by atomic mass is 32.2. The number of hydrogen-bond acceptors (Lipinski definition) is 5. The van der Waals surface area contributed by atoms with Crippen LogP contribution < -0.4 is 10.6 Å². The fourth-order valence-electron chi connectivity index (χ4n) is 2.62. The summed E-state index contributed by atoms with van der Waals surface area (Å²) in [6.07, 6.45) is 2.54. The first-order chi connectivity index (χ1) is 12.4. The van der Waals surface area contributed by atoms with Crippen molar-refractivity contribution in [2.45, 2.75) is 55.4 Å². The fourth-order valence-corrected chi connectivity index (χ4v) is 3.24. The van der Waals surface area contributed by atoms with E-state index in [1.54, 1.807) is 0 Å². The SMILES string of the molecule is C[C@@H](OC(=O)c1ccccc1SC(F)F)C(=O)NC(=O)NC1CCCC1. The number of carbonyl (C=O) groups is 3. The molecule has 26 heavy (non-hydrogen) atoms. The first-order valence-corrected chi connectivity index (χ1v) is 9.11. The molecule has 3 amide bonds. The lowest BCUT2D eigenvalue weighted by atomic mass is 10.2. The van der Waals surface area contributed by atoms with Gasteiger partial charge in [0.2, 0.25) is 0 Å². The van der Waals surface area contributed by atoms with Crippen molar-refractivity contribution < 1.29 is 27.9 Å².